The minimum absolute atomic E-state index is 0.0267. The lowest BCUT2D eigenvalue weighted by Crippen LogP contribution is -2.47. The molecule has 150 valence electrons. The Morgan fingerprint density at radius 1 is 1.25 bits per heavy atom. The third kappa shape index (κ3) is 6.55. The molecule has 1 aliphatic rings. The number of ether oxygens (including phenoxy) is 1. The first-order valence-electron chi connectivity index (χ1n) is 9.80. The molecule has 0 radical (unpaired) electrons. The molecule has 1 amide bonds. The molecule has 3 rings (SSSR count). The molecule has 1 aromatic carbocycles. The summed E-state index contributed by atoms with van der Waals surface area (Å²) in [6.45, 7) is 4.04. The average Bonchev–Trinajstić information content (AvgIpc) is 3.36. The van der Waals surface area contributed by atoms with Crippen LogP contribution in [0.5, 0.6) is 0 Å². The topological polar surface area (TPSA) is 58.6 Å². The quantitative estimate of drug-likeness (QED) is 0.666. The molecule has 0 aliphatic carbocycles. The molecule has 1 saturated heterocycles. The molecule has 5 nitrogen and oxygen atoms in total. The molecule has 28 heavy (non-hydrogen) atoms. The van der Waals surface area contributed by atoms with E-state index in [0.717, 1.165) is 31.6 Å². The molecule has 0 spiro atoms. The Labute approximate surface area is 170 Å². The van der Waals surface area contributed by atoms with Crippen molar-refractivity contribution in [2.24, 2.45) is 0 Å². The number of Topliss-reactive ketones (excluding diaryl/α,β-unsaturated/α-hetero) is 1. The van der Waals surface area contributed by atoms with Gasteiger partial charge in [-0.25, -0.2) is 0 Å². The lowest BCUT2D eigenvalue weighted by Gasteiger charge is -2.25. The second-order valence-electron chi connectivity index (χ2n) is 7.30. The number of hydrogen-bond donors (Lipinski definition) is 1. The number of ketones is 1. The molecule has 2 aromatic rings. The average molecular weight is 401 g/mol. The molecular formula is C22H28N2O3S. The summed E-state index contributed by atoms with van der Waals surface area (Å²) in [5.41, 5.74) is 1.04. The number of benzene rings is 1. The minimum atomic E-state index is -0.499. The van der Waals surface area contributed by atoms with Crippen LogP contribution in [0.3, 0.4) is 0 Å². The molecule has 2 atom stereocenters. The molecule has 1 aliphatic heterocycles. The molecule has 2 heterocycles. The summed E-state index contributed by atoms with van der Waals surface area (Å²) in [4.78, 5) is 28.1. The van der Waals surface area contributed by atoms with Gasteiger partial charge in [-0.2, -0.15) is 0 Å². The van der Waals surface area contributed by atoms with Crippen LogP contribution in [0.25, 0.3) is 0 Å². The van der Waals surface area contributed by atoms with Crippen molar-refractivity contribution in [2.45, 2.75) is 44.9 Å². The van der Waals surface area contributed by atoms with Crippen LogP contribution in [-0.2, 0) is 27.3 Å². The fraction of sp³-hybridized carbons (Fsp3) is 0.455. The van der Waals surface area contributed by atoms with Crippen LogP contribution in [-0.4, -0.2) is 48.4 Å². The van der Waals surface area contributed by atoms with E-state index in [1.54, 1.807) is 11.3 Å². The van der Waals surface area contributed by atoms with E-state index in [1.165, 1.54) is 11.8 Å². The van der Waals surface area contributed by atoms with E-state index in [9.17, 15) is 9.59 Å². The highest BCUT2D eigenvalue weighted by Gasteiger charge is 2.23. The van der Waals surface area contributed by atoms with Crippen molar-refractivity contribution >= 4 is 23.0 Å². The Hall–Kier alpha value is -2.02. The third-order valence-corrected chi connectivity index (χ3v) is 5.78. The summed E-state index contributed by atoms with van der Waals surface area (Å²) >= 11 is 1.69. The normalized spacial score (nSPS) is 17.6. The standard InChI is InChI=1S/C22H28N2O3S/c1-17(25)21(13-18-7-3-2-4-8-18)23-22(26)16-24(14-19-9-5-11-27-19)15-20-10-6-12-28-20/h2-4,6-8,10,12,19,21H,5,9,11,13-16H2,1H3,(H,23,26)/t19-,21+/m0/s1. The smallest absolute Gasteiger partial charge is 0.234 e. The number of carbonyl (C=O) groups is 2. The van der Waals surface area contributed by atoms with Crippen LogP contribution in [0.4, 0.5) is 0 Å². The third-order valence-electron chi connectivity index (χ3n) is 4.92. The Bertz CT molecular complexity index is 742. The van der Waals surface area contributed by atoms with E-state index in [4.69, 9.17) is 4.74 Å². The van der Waals surface area contributed by atoms with E-state index < -0.39 is 6.04 Å². The monoisotopic (exact) mass is 400 g/mol. The molecule has 0 bridgehead atoms. The fourth-order valence-corrected chi connectivity index (χ4v) is 4.22. The number of amides is 1. The fourth-order valence-electron chi connectivity index (χ4n) is 3.47. The number of carbonyl (C=O) groups excluding carboxylic acids is 2. The van der Waals surface area contributed by atoms with E-state index in [2.05, 4.69) is 16.3 Å². The zero-order chi connectivity index (χ0) is 19.8. The minimum Gasteiger partial charge on any atom is -0.377 e. The molecule has 1 N–H and O–H groups in total. The van der Waals surface area contributed by atoms with Crippen molar-refractivity contribution in [3.63, 3.8) is 0 Å². The Kier molecular flexibility index (Phi) is 7.77. The van der Waals surface area contributed by atoms with Gasteiger partial charge in [0.15, 0.2) is 5.78 Å². The number of nitrogens with one attached hydrogen (secondary N) is 1. The van der Waals surface area contributed by atoms with Gasteiger partial charge < -0.3 is 10.1 Å². The number of hydrogen-bond acceptors (Lipinski definition) is 5. The van der Waals surface area contributed by atoms with Crippen molar-refractivity contribution in [2.75, 3.05) is 19.7 Å². The molecule has 1 aromatic heterocycles. The van der Waals surface area contributed by atoms with Crippen LogP contribution in [0.2, 0.25) is 0 Å². The molecular weight excluding hydrogens is 372 g/mol. The first kappa shape index (κ1) is 20.7. The van der Waals surface area contributed by atoms with Gasteiger partial charge in [-0.15, -0.1) is 11.3 Å². The first-order valence-corrected chi connectivity index (χ1v) is 10.7. The van der Waals surface area contributed by atoms with E-state index >= 15 is 0 Å². The van der Waals surface area contributed by atoms with Crippen LogP contribution < -0.4 is 5.32 Å². The first-order chi connectivity index (χ1) is 13.6. The van der Waals surface area contributed by atoms with Crippen molar-refractivity contribution in [1.82, 2.24) is 10.2 Å². The summed E-state index contributed by atoms with van der Waals surface area (Å²) in [6.07, 6.45) is 2.80. The van der Waals surface area contributed by atoms with E-state index in [1.807, 2.05) is 41.8 Å². The summed E-state index contributed by atoms with van der Waals surface area (Å²) in [7, 11) is 0. The van der Waals surface area contributed by atoms with Crippen LogP contribution in [0.1, 0.15) is 30.2 Å². The van der Waals surface area contributed by atoms with Crippen molar-refractivity contribution < 1.29 is 14.3 Å². The number of thiophene rings is 1. The maximum Gasteiger partial charge on any atom is 0.234 e. The number of nitrogens with zero attached hydrogens (tertiary/aromatic N) is 1. The summed E-state index contributed by atoms with van der Waals surface area (Å²) in [5.74, 6) is -0.146. The van der Waals surface area contributed by atoms with Gasteiger partial charge in [0.05, 0.1) is 18.7 Å². The maximum absolute atomic E-state index is 12.7. The van der Waals surface area contributed by atoms with Crippen molar-refractivity contribution in [3.8, 4) is 0 Å². The summed E-state index contributed by atoms with van der Waals surface area (Å²) in [6, 6.07) is 13.4. The SMILES string of the molecule is CC(=O)[C@@H](Cc1ccccc1)NC(=O)CN(Cc1cccs1)C[C@@H]1CCCO1. The van der Waals surface area contributed by atoms with Crippen molar-refractivity contribution in [3.05, 3.63) is 58.3 Å². The Balaban J connectivity index is 1.59. The predicted octanol–water partition coefficient (Wildman–Crippen LogP) is 3.05. The van der Waals surface area contributed by atoms with Gasteiger partial charge in [-0.3, -0.25) is 14.5 Å². The summed E-state index contributed by atoms with van der Waals surface area (Å²) in [5, 5.41) is 4.98. The van der Waals surface area contributed by atoms with Gasteiger partial charge in [-0.1, -0.05) is 36.4 Å². The Morgan fingerprint density at radius 3 is 2.71 bits per heavy atom. The van der Waals surface area contributed by atoms with Crippen LogP contribution in [0, 0.1) is 0 Å². The highest BCUT2D eigenvalue weighted by Crippen LogP contribution is 2.17. The largest absolute Gasteiger partial charge is 0.377 e. The Morgan fingerprint density at radius 2 is 2.07 bits per heavy atom. The lowest BCUT2D eigenvalue weighted by atomic mass is 10.0. The second-order valence-corrected chi connectivity index (χ2v) is 8.34. The van der Waals surface area contributed by atoms with Gasteiger partial charge in [0.2, 0.25) is 5.91 Å². The number of rotatable bonds is 10. The van der Waals surface area contributed by atoms with Gasteiger partial charge in [0.25, 0.3) is 0 Å². The maximum atomic E-state index is 12.7. The summed E-state index contributed by atoms with van der Waals surface area (Å²) < 4.78 is 5.76. The molecule has 0 unspecified atom stereocenters. The van der Waals surface area contributed by atoms with Gasteiger partial charge in [0.1, 0.15) is 0 Å². The van der Waals surface area contributed by atoms with Crippen LogP contribution in [0.15, 0.2) is 47.8 Å². The highest BCUT2D eigenvalue weighted by molar-refractivity contribution is 7.09. The molecule has 6 heteroatoms. The van der Waals surface area contributed by atoms with Crippen molar-refractivity contribution in [1.29, 1.82) is 0 Å². The predicted molar refractivity (Wildman–Crippen MR) is 111 cm³/mol. The van der Waals surface area contributed by atoms with Crippen LogP contribution >= 0.6 is 11.3 Å². The molecule has 0 saturated carbocycles. The zero-order valence-electron chi connectivity index (χ0n) is 16.3. The highest BCUT2D eigenvalue weighted by atomic mass is 32.1. The van der Waals surface area contributed by atoms with E-state index in [0.29, 0.717) is 13.0 Å². The second kappa shape index (κ2) is 10.5. The molecule has 1 fully saturated rings. The van der Waals surface area contributed by atoms with Gasteiger partial charge in [-0.05, 0) is 43.2 Å². The zero-order valence-corrected chi connectivity index (χ0v) is 17.1. The van der Waals surface area contributed by atoms with E-state index in [-0.39, 0.29) is 24.3 Å². The van der Waals surface area contributed by atoms with Gasteiger partial charge in [0, 0.05) is 24.6 Å². The van der Waals surface area contributed by atoms with Gasteiger partial charge >= 0.3 is 0 Å². The lowest BCUT2D eigenvalue weighted by molar-refractivity contribution is -0.127.